The Hall–Kier alpha value is -3.05. The molecule has 1 aromatic carbocycles. The highest BCUT2D eigenvalue weighted by atomic mass is 32.2. The molecule has 0 saturated carbocycles. The molecule has 0 atom stereocenters. The van der Waals surface area contributed by atoms with Crippen LogP contribution in [0.5, 0.6) is 0 Å². The van der Waals surface area contributed by atoms with Crippen molar-refractivity contribution < 1.29 is 14.6 Å². The van der Waals surface area contributed by atoms with Crippen molar-refractivity contribution in [3.8, 4) is 0 Å². The molecule has 8 nitrogen and oxygen atoms in total. The van der Waals surface area contributed by atoms with Crippen molar-refractivity contribution in [3.05, 3.63) is 80.6 Å². The highest BCUT2D eigenvalue weighted by Gasteiger charge is 2.32. The molecule has 0 unspecified atom stereocenters. The van der Waals surface area contributed by atoms with Crippen LogP contribution < -0.4 is 10.9 Å². The van der Waals surface area contributed by atoms with Gasteiger partial charge in [0.2, 0.25) is 0 Å². The van der Waals surface area contributed by atoms with Crippen LogP contribution in [-0.4, -0.2) is 62.5 Å². The van der Waals surface area contributed by atoms with E-state index in [1.54, 1.807) is 23.2 Å². The predicted molar refractivity (Wildman–Crippen MR) is 143 cm³/mol. The zero-order valence-electron chi connectivity index (χ0n) is 19.3. The minimum Gasteiger partial charge on any atom is -0.394 e. The van der Waals surface area contributed by atoms with Crippen molar-refractivity contribution in [1.29, 1.82) is 0 Å². The van der Waals surface area contributed by atoms with Gasteiger partial charge in [-0.05, 0) is 36.6 Å². The number of hydrogen-bond acceptors (Lipinski definition) is 8. The van der Waals surface area contributed by atoms with Gasteiger partial charge < -0.3 is 15.2 Å². The van der Waals surface area contributed by atoms with Gasteiger partial charge in [0.15, 0.2) is 0 Å². The Morgan fingerprint density at radius 1 is 1.17 bits per heavy atom. The third-order valence-electron chi connectivity index (χ3n) is 5.47. The second kappa shape index (κ2) is 11.6. The fourth-order valence-corrected chi connectivity index (χ4v) is 4.98. The first-order chi connectivity index (χ1) is 17.0. The predicted octanol–water partition coefficient (Wildman–Crippen LogP) is 2.87. The maximum absolute atomic E-state index is 13.4. The third-order valence-corrected chi connectivity index (χ3v) is 6.85. The number of thiocarbonyl (C=S) groups is 1. The number of amides is 1. The summed E-state index contributed by atoms with van der Waals surface area (Å²) in [5, 5.41) is 12.0. The second-order valence-corrected chi connectivity index (χ2v) is 9.57. The lowest BCUT2D eigenvalue weighted by Gasteiger charge is -2.14. The van der Waals surface area contributed by atoms with Crippen molar-refractivity contribution in [2.45, 2.75) is 13.3 Å². The summed E-state index contributed by atoms with van der Waals surface area (Å²) in [7, 11) is 0. The molecule has 1 amide bonds. The monoisotopic (exact) mass is 510 g/mol. The van der Waals surface area contributed by atoms with E-state index >= 15 is 0 Å². The summed E-state index contributed by atoms with van der Waals surface area (Å²) >= 11 is 6.66. The number of carbonyl (C=O) groups is 1. The molecule has 1 saturated heterocycles. The zero-order chi connectivity index (χ0) is 24.8. The normalized spacial score (nSPS) is 14.9. The molecule has 182 valence electrons. The van der Waals surface area contributed by atoms with Crippen molar-refractivity contribution in [2.24, 2.45) is 0 Å². The number of aliphatic hydroxyl groups excluding tert-OH is 1. The number of aliphatic hydroxyl groups is 1. The number of carbonyl (C=O) groups excluding carboxylic acids is 1. The molecule has 1 aliphatic rings. The summed E-state index contributed by atoms with van der Waals surface area (Å²) in [6, 6.07) is 13.6. The minimum absolute atomic E-state index is 0.0634. The van der Waals surface area contributed by atoms with E-state index in [-0.39, 0.29) is 30.2 Å². The van der Waals surface area contributed by atoms with Crippen molar-refractivity contribution in [2.75, 3.05) is 38.2 Å². The fraction of sp³-hybridized carbons (Fsp3) is 0.280. The highest BCUT2D eigenvalue weighted by Crippen LogP contribution is 2.33. The number of hydrogen-bond donors (Lipinski definition) is 2. The van der Waals surface area contributed by atoms with Gasteiger partial charge in [-0.3, -0.25) is 18.9 Å². The Kier molecular flexibility index (Phi) is 8.29. The molecule has 1 aliphatic heterocycles. The summed E-state index contributed by atoms with van der Waals surface area (Å²) in [4.78, 5) is 33.2. The number of aromatic nitrogens is 2. The SMILES string of the molecule is Cc1cccn2c(=O)c(C=C3SC(=S)N(CCc4ccccc4)C3=O)c(NCCOCCO)nc12. The van der Waals surface area contributed by atoms with E-state index in [4.69, 9.17) is 22.1 Å². The standard InChI is InChI=1S/C25H26N4O4S2/c1-17-6-5-11-28-22(17)27-21(26-10-14-33-15-13-30)19(23(28)31)16-20-24(32)29(25(34)35-20)12-9-18-7-3-2-4-8-18/h2-8,11,16,26,30H,9-10,12-15H2,1H3. The van der Waals surface area contributed by atoms with Crippen LogP contribution in [0.4, 0.5) is 5.82 Å². The molecule has 1 fully saturated rings. The average molecular weight is 511 g/mol. The topological polar surface area (TPSA) is 96.2 Å². The number of benzene rings is 1. The number of thioether (sulfide) groups is 1. The van der Waals surface area contributed by atoms with E-state index in [1.807, 2.05) is 43.3 Å². The lowest BCUT2D eigenvalue weighted by molar-refractivity contribution is -0.122. The molecular formula is C25H26N4O4S2. The number of nitrogens with zero attached hydrogens (tertiary/aromatic N) is 3. The summed E-state index contributed by atoms with van der Waals surface area (Å²) in [5.74, 6) is 0.147. The van der Waals surface area contributed by atoms with Gasteiger partial charge in [-0.2, -0.15) is 0 Å². The van der Waals surface area contributed by atoms with Crippen LogP contribution >= 0.6 is 24.0 Å². The van der Waals surface area contributed by atoms with Gasteiger partial charge in [0, 0.05) is 19.3 Å². The number of nitrogens with one attached hydrogen (secondary N) is 1. The van der Waals surface area contributed by atoms with Gasteiger partial charge in [0.05, 0.1) is 30.3 Å². The molecule has 0 aliphatic carbocycles. The van der Waals surface area contributed by atoms with Gasteiger partial charge in [0.1, 0.15) is 15.8 Å². The molecule has 3 heterocycles. The number of ether oxygens (including phenoxy) is 1. The molecule has 10 heteroatoms. The van der Waals surface area contributed by atoms with E-state index in [0.717, 1.165) is 11.1 Å². The summed E-state index contributed by atoms with van der Waals surface area (Å²) in [6.07, 6.45) is 3.91. The van der Waals surface area contributed by atoms with Crippen molar-refractivity contribution >= 4 is 51.7 Å². The fourth-order valence-electron chi connectivity index (χ4n) is 3.69. The lowest BCUT2D eigenvalue weighted by atomic mass is 10.1. The summed E-state index contributed by atoms with van der Waals surface area (Å²) < 4.78 is 7.25. The molecule has 0 spiro atoms. The minimum atomic E-state index is -0.285. The van der Waals surface area contributed by atoms with Crippen LogP contribution in [0.2, 0.25) is 0 Å². The first-order valence-corrected chi connectivity index (χ1v) is 12.5. The quantitative estimate of drug-likeness (QED) is 0.244. The number of anilines is 1. The Bertz CT molecular complexity index is 1320. The van der Waals surface area contributed by atoms with Gasteiger partial charge >= 0.3 is 0 Å². The smallest absolute Gasteiger partial charge is 0.267 e. The molecule has 0 radical (unpaired) electrons. The van der Waals surface area contributed by atoms with Crippen LogP contribution in [0.25, 0.3) is 11.7 Å². The maximum Gasteiger partial charge on any atom is 0.267 e. The molecule has 2 aromatic heterocycles. The molecule has 35 heavy (non-hydrogen) atoms. The second-order valence-electron chi connectivity index (χ2n) is 7.90. The van der Waals surface area contributed by atoms with Crippen molar-refractivity contribution in [3.63, 3.8) is 0 Å². The molecule has 3 aromatic rings. The number of rotatable bonds is 10. The number of fused-ring (bicyclic) bond motifs is 1. The Labute approximate surface area is 212 Å². The van der Waals surface area contributed by atoms with Crippen LogP contribution in [0.1, 0.15) is 16.7 Å². The maximum atomic E-state index is 13.4. The zero-order valence-corrected chi connectivity index (χ0v) is 20.9. The van der Waals surface area contributed by atoms with Crippen LogP contribution in [0, 0.1) is 6.92 Å². The molecular weight excluding hydrogens is 484 g/mol. The van der Waals surface area contributed by atoms with E-state index < -0.39 is 0 Å². The van der Waals surface area contributed by atoms with Gasteiger partial charge in [-0.15, -0.1) is 0 Å². The van der Waals surface area contributed by atoms with E-state index in [1.165, 1.54) is 16.2 Å². The molecule has 4 rings (SSSR count). The van der Waals surface area contributed by atoms with E-state index in [0.29, 0.717) is 46.8 Å². The molecule has 2 N–H and O–H groups in total. The first-order valence-electron chi connectivity index (χ1n) is 11.2. The van der Waals surface area contributed by atoms with E-state index in [2.05, 4.69) is 10.3 Å². The number of pyridine rings is 1. The van der Waals surface area contributed by atoms with Gasteiger partial charge in [-0.1, -0.05) is 60.4 Å². The van der Waals surface area contributed by atoms with Crippen molar-refractivity contribution in [1.82, 2.24) is 14.3 Å². The highest BCUT2D eigenvalue weighted by molar-refractivity contribution is 8.26. The summed E-state index contributed by atoms with van der Waals surface area (Å²) in [6.45, 7) is 3.23. The van der Waals surface area contributed by atoms with Crippen LogP contribution in [0.3, 0.4) is 0 Å². The Morgan fingerprint density at radius 3 is 2.74 bits per heavy atom. The first kappa shape index (κ1) is 25.1. The van der Waals surface area contributed by atoms with Gasteiger partial charge in [-0.25, -0.2) is 4.98 Å². The lowest BCUT2D eigenvalue weighted by Crippen LogP contribution is -2.30. The van der Waals surface area contributed by atoms with Gasteiger partial charge in [0.25, 0.3) is 11.5 Å². The van der Waals surface area contributed by atoms with Crippen LogP contribution in [-0.2, 0) is 16.0 Å². The summed E-state index contributed by atoms with van der Waals surface area (Å²) in [5.41, 5.74) is 2.49. The molecule has 0 bridgehead atoms. The third kappa shape index (κ3) is 5.79. The number of aryl methyl sites for hydroxylation is 1. The van der Waals surface area contributed by atoms with Crippen LogP contribution in [0.15, 0.2) is 58.4 Å². The Balaban J connectivity index is 1.63. The Morgan fingerprint density at radius 2 is 1.97 bits per heavy atom. The average Bonchev–Trinajstić information content (AvgIpc) is 3.13. The van der Waals surface area contributed by atoms with E-state index in [9.17, 15) is 9.59 Å². The largest absolute Gasteiger partial charge is 0.394 e.